The standard InChI is InChI=1S/C61H44N6.Pt/c1-58(2,3)40-23-30-65-57(35-40)60(52-21-9-6-18-46(52)49-37-63-28-25-54(49)60)43-15-11-13-41(33-43)59(51-20-8-5-17-45(51)48-36-62-27-24-53(48)59)42-14-12-16-44(34-42)61(67-32-31-66(4)39-67)55-22-10-7-19-47(55)50-38-64-29-26-56(50)61;/h5-32,35-38H,1-4H3;/q;+2. The number of pyridine rings is 4. The van der Waals surface area contributed by atoms with E-state index >= 15 is 0 Å². The third-order valence-electron chi connectivity index (χ3n) is 14.8. The van der Waals surface area contributed by atoms with Crippen molar-refractivity contribution in [1.29, 1.82) is 0 Å². The number of benzene rings is 5. The van der Waals surface area contributed by atoms with E-state index in [1.807, 2.05) is 55.0 Å². The zero-order chi connectivity index (χ0) is 45.1. The van der Waals surface area contributed by atoms with Crippen LogP contribution < -0.4 is 0 Å². The van der Waals surface area contributed by atoms with E-state index in [9.17, 15) is 0 Å². The number of nitrogens with zero attached hydrogens (tertiary/aromatic N) is 6. The van der Waals surface area contributed by atoms with E-state index < -0.39 is 16.4 Å². The molecule has 4 aromatic heterocycles. The quantitative estimate of drug-likeness (QED) is 0.123. The van der Waals surface area contributed by atoms with Crippen LogP contribution in [0.1, 0.15) is 87.7 Å². The summed E-state index contributed by atoms with van der Waals surface area (Å²) in [5.74, 6) is 0. The summed E-state index contributed by atoms with van der Waals surface area (Å²) in [6.07, 6.45) is 18.0. The molecule has 3 unspecified atom stereocenters. The van der Waals surface area contributed by atoms with Crippen molar-refractivity contribution in [2.45, 2.75) is 42.6 Å². The number of hydrogen-bond donors (Lipinski definition) is 0. The third-order valence-corrected chi connectivity index (χ3v) is 14.8. The minimum absolute atomic E-state index is 0. The van der Waals surface area contributed by atoms with Crippen LogP contribution in [0.5, 0.6) is 0 Å². The fourth-order valence-corrected chi connectivity index (χ4v) is 12.0. The predicted molar refractivity (Wildman–Crippen MR) is 261 cm³/mol. The smallest absolute Gasteiger partial charge is 0.264 e. The molecule has 0 saturated heterocycles. The summed E-state index contributed by atoms with van der Waals surface area (Å²) >= 11 is 0. The van der Waals surface area contributed by atoms with Crippen molar-refractivity contribution in [2.75, 3.05) is 7.05 Å². The summed E-state index contributed by atoms with van der Waals surface area (Å²) in [7, 11) is 2.02. The van der Waals surface area contributed by atoms with Crippen molar-refractivity contribution in [1.82, 2.24) is 19.9 Å². The normalized spacial score (nSPS) is 20.0. The average Bonchev–Trinajstić information content (AvgIpc) is 4.11. The molecule has 4 aliphatic rings. The maximum absolute atomic E-state index is 5.32. The van der Waals surface area contributed by atoms with Crippen LogP contribution >= 0.6 is 0 Å². The molecule has 6 nitrogen and oxygen atoms in total. The van der Waals surface area contributed by atoms with Crippen LogP contribution in [0.2, 0.25) is 0 Å². The first-order chi connectivity index (χ1) is 32.8. The van der Waals surface area contributed by atoms with Crippen molar-refractivity contribution in [3.8, 4) is 33.4 Å². The molecule has 7 heteroatoms. The van der Waals surface area contributed by atoms with Crippen molar-refractivity contribution in [3.05, 3.63) is 274 Å². The first-order valence-corrected chi connectivity index (χ1v) is 22.9. The molecule has 5 heterocycles. The van der Waals surface area contributed by atoms with Crippen LogP contribution in [0, 0.1) is 12.1 Å². The van der Waals surface area contributed by atoms with Gasteiger partial charge in [0.15, 0.2) is 7.05 Å². The van der Waals surface area contributed by atoms with Gasteiger partial charge in [0.05, 0.1) is 11.1 Å². The second kappa shape index (κ2) is 15.3. The molecule has 3 atom stereocenters. The average molecular weight is 1060 g/mol. The van der Waals surface area contributed by atoms with Crippen LogP contribution in [-0.2, 0) is 42.8 Å². The largest absolute Gasteiger partial charge is 2.00 e. The minimum atomic E-state index is -0.868. The van der Waals surface area contributed by atoms with Gasteiger partial charge in [0, 0.05) is 76.6 Å². The van der Waals surface area contributed by atoms with Gasteiger partial charge < -0.3 is 0 Å². The summed E-state index contributed by atoms with van der Waals surface area (Å²) < 4.78 is 4.21. The van der Waals surface area contributed by atoms with Crippen molar-refractivity contribution < 1.29 is 30.2 Å². The zero-order valence-corrected chi connectivity index (χ0v) is 40.2. The number of fused-ring (bicyclic) bond motifs is 9. The van der Waals surface area contributed by atoms with Crippen LogP contribution in [-0.4, -0.2) is 42.1 Å². The molecular formula is C61H44N6Pt+2. The van der Waals surface area contributed by atoms with E-state index in [1.165, 1.54) is 5.56 Å². The van der Waals surface area contributed by atoms with Gasteiger partial charge in [-0.3, -0.25) is 19.9 Å². The first kappa shape index (κ1) is 41.9. The molecule has 0 amide bonds. The Bertz CT molecular complexity index is 3530. The maximum atomic E-state index is 5.32. The van der Waals surface area contributed by atoms with Crippen LogP contribution in [0.3, 0.4) is 0 Å². The summed E-state index contributed by atoms with van der Waals surface area (Å²) in [6.45, 7) is 6.80. The van der Waals surface area contributed by atoms with Crippen molar-refractivity contribution >= 4 is 6.01 Å². The Morgan fingerprint density at radius 3 is 1.51 bits per heavy atom. The Morgan fingerprint density at radius 1 is 0.471 bits per heavy atom. The monoisotopic (exact) mass is 1060 g/mol. The number of hydrogen-bond acceptors (Lipinski definition) is 4. The first-order valence-electron chi connectivity index (χ1n) is 22.9. The molecule has 0 N–H and O–H groups in total. The van der Waals surface area contributed by atoms with Gasteiger partial charge in [-0.25, -0.2) is 0 Å². The van der Waals surface area contributed by atoms with Crippen molar-refractivity contribution in [3.63, 3.8) is 0 Å². The van der Waals surface area contributed by atoms with E-state index in [0.717, 1.165) is 94.7 Å². The maximum Gasteiger partial charge on any atom is 2.00 e. The van der Waals surface area contributed by atoms with E-state index in [4.69, 9.17) is 15.0 Å². The molecule has 9 aromatic rings. The molecule has 326 valence electrons. The molecule has 0 spiro atoms. The van der Waals surface area contributed by atoms with Gasteiger partial charge in [0.25, 0.3) is 0 Å². The molecule has 1 aliphatic heterocycles. The number of aromatic nitrogens is 4. The summed E-state index contributed by atoms with van der Waals surface area (Å²) in [5.41, 5.74) is 17.2. The Labute approximate surface area is 411 Å². The van der Waals surface area contributed by atoms with Crippen molar-refractivity contribution in [2.24, 2.45) is 0 Å². The Balaban J connectivity index is 0.00000480. The second-order valence-corrected chi connectivity index (χ2v) is 19.1. The molecule has 0 saturated carbocycles. The van der Waals surface area contributed by atoms with Gasteiger partial charge in [0.2, 0.25) is 17.9 Å². The molecular weight excluding hydrogens is 1010 g/mol. The summed E-state index contributed by atoms with van der Waals surface area (Å²) in [6, 6.07) is 62.9. The molecule has 0 fully saturated rings. The van der Waals surface area contributed by atoms with Gasteiger partial charge >= 0.3 is 27.1 Å². The predicted octanol–water partition coefficient (Wildman–Crippen LogP) is 11.5. The van der Waals surface area contributed by atoms with Gasteiger partial charge in [0.1, 0.15) is 0 Å². The summed E-state index contributed by atoms with van der Waals surface area (Å²) in [4.78, 5) is 19.4. The molecule has 0 radical (unpaired) electrons. The SMILES string of the molecule is C[N+]1=C=[N+](C2(c3[c-]c(C4(c5[c-]c(C6(c7cc(C(C)(C)C)ccn7)c7ccccc7-c7cnccc76)ccc5)c5ccccc5-c5cnccc54)ccc3)c3ccccc3-c3cnccc32)C=C1.[Pt+2]. The Kier molecular flexibility index (Phi) is 9.41. The van der Waals surface area contributed by atoms with Gasteiger partial charge in [-0.1, -0.05) is 108 Å². The topological polar surface area (TPSA) is 57.6 Å². The molecule has 68 heavy (non-hydrogen) atoms. The van der Waals surface area contributed by atoms with Crippen LogP contribution in [0.15, 0.2) is 195 Å². The van der Waals surface area contributed by atoms with E-state index in [1.54, 1.807) is 0 Å². The second-order valence-electron chi connectivity index (χ2n) is 19.1. The Morgan fingerprint density at radius 2 is 0.926 bits per heavy atom. The summed E-state index contributed by atoms with van der Waals surface area (Å²) in [5, 5.41) is 0. The van der Waals surface area contributed by atoms with Gasteiger partial charge in [-0.15, -0.1) is 16.7 Å². The van der Waals surface area contributed by atoms with Gasteiger partial charge in [-0.2, -0.15) is 48.5 Å². The zero-order valence-electron chi connectivity index (χ0n) is 38.0. The molecule has 0 bridgehead atoms. The third kappa shape index (κ3) is 5.50. The van der Waals surface area contributed by atoms with Crippen LogP contribution in [0.4, 0.5) is 0 Å². The Hall–Kier alpha value is -7.49. The molecule has 5 aromatic carbocycles. The number of rotatable bonds is 6. The van der Waals surface area contributed by atoms with Gasteiger partial charge in [-0.05, 0) is 80.3 Å². The fraction of sp³-hybridized carbons (Fsp3) is 0.131. The molecule has 3 aliphatic carbocycles. The van der Waals surface area contributed by atoms with E-state index in [0.29, 0.717) is 0 Å². The van der Waals surface area contributed by atoms with E-state index in [2.05, 4.69) is 200 Å². The minimum Gasteiger partial charge on any atom is -0.264 e. The fourth-order valence-electron chi connectivity index (χ4n) is 12.0. The van der Waals surface area contributed by atoms with Crippen LogP contribution in [0.25, 0.3) is 33.4 Å². The van der Waals surface area contributed by atoms with E-state index in [-0.39, 0.29) is 26.5 Å². The molecule has 13 rings (SSSR count).